The minimum Gasteiger partial charge on any atom is -0.464 e. The fourth-order valence-corrected chi connectivity index (χ4v) is 9.97. The summed E-state index contributed by atoms with van der Waals surface area (Å²) in [6.45, 7) is 15.6. The first kappa shape index (κ1) is 51.0. The van der Waals surface area contributed by atoms with Crippen molar-refractivity contribution in [1.29, 1.82) is 0 Å². The topological polar surface area (TPSA) is 198 Å². The largest absolute Gasteiger partial charge is 0.464 e. The Labute approximate surface area is 398 Å². The molecule has 1 aromatic carbocycles. The Kier molecular flexibility index (Phi) is 16.5. The number of aryl methyl sites for hydroxylation is 1. The minimum absolute atomic E-state index is 0.0615. The standard InChI is InChI=1S/C49H70N10O7S/c1-12-58-39-18-17-32-23-34(39)35(43(58)33-15-13-19-51-41(33)31(5)65-11)25-49(6,7)28-66-47(63)36-16-14-20-59(54-36)46(62)37(24-40-52-38(32)27-67-40)53-44(60)42(29(2)3)57(10)48(64)56(9)22-21-55(8)45(61)30(4)26-50/h13,15,17-19,23,27,29-31,36-37,42,54H,12,14,16,20-22,24-26,28,50H2,1-11H3,(H,53,60)/t30-,31-,36-,37-,42-/m0/s1. The van der Waals surface area contributed by atoms with Crippen molar-refractivity contribution in [3.63, 3.8) is 0 Å². The summed E-state index contributed by atoms with van der Waals surface area (Å²) in [4.78, 5) is 83.7. The maximum absolute atomic E-state index is 14.6. The zero-order valence-corrected chi connectivity index (χ0v) is 41.9. The van der Waals surface area contributed by atoms with Gasteiger partial charge in [0.25, 0.3) is 5.91 Å². The summed E-state index contributed by atoms with van der Waals surface area (Å²) in [6, 6.07) is 7.11. The predicted octanol–water partition coefficient (Wildman–Crippen LogP) is 5.26. The summed E-state index contributed by atoms with van der Waals surface area (Å²) in [5.74, 6) is -2.22. The number of thiazole rings is 1. The van der Waals surface area contributed by atoms with Crippen LogP contribution in [0.25, 0.3) is 33.4 Å². The van der Waals surface area contributed by atoms with Crippen LogP contribution in [0, 0.1) is 17.3 Å². The third kappa shape index (κ3) is 11.3. The van der Waals surface area contributed by atoms with E-state index in [0.29, 0.717) is 37.4 Å². The lowest BCUT2D eigenvalue weighted by molar-refractivity contribution is -0.155. The fraction of sp³-hybridized carbons (Fsp3) is 0.571. The molecule has 2 aliphatic heterocycles. The quantitative estimate of drug-likeness (QED) is 0.148. The van der Waals surface area contributed by atoms with Gasteiger partial charge in [-0.15, -0.1) is 11.3 Å². The molecule has 0 radical (unpaired) electrons. The van der Waals surface area contributed by atoms with E-state index in [-0.39, 0.29) is 56.5 Å². The van der Waals surface area contributed by atoms with E-state index < -0.39 is 47.4 Å². The van der Waals surface area contributed by atoms with Gasteiger partial charge in [-0.1, -0.05) is 40.7 Å². The van der Waals surface area contributed by atoms with E-state index in [1.54, 1.807) is 46.3 Å². The van der Waals surface area contributed by atoms with Gasteiger partial charge >= 0.3 is 12.0 Å². The third-order valence-electron chi connectivity index (χ3n) is 13.0. The summed E-state index contributed by atoms with van der Waals surface area (Å²) in [7, 11) is 6.53. The van der Waals surface area contributed by atoms with Crippen LogP contribution in [-0.2, 0) is 48.0 Å². The molecule has 0 unspecified atom stereocenters. The van der Waals surface area contributed by atoms with Crippen LogP contribution in [0.15, 0.2) is 41.9 Å². The van der Waals surface area contributed by atoms with Crippen molar-refractivity contribution in [1.82, 2.24) is 45.0 Å². The molecule has 5 atom stereocenters. The van der Waals surface area contributed by atoms with Gasteiger partial charge in [-0.25, -0.2) is 15.2 Å². The number of methoxy groups -OCH3 is 1. The van der Waals surface area contributed by atoms with Crippen LogP contribution in [0.4, 0.5) is 4.79 Å². The number of likely N-dealkylation sites (N-methyl/N-ethyl adjacent to an activating group) is 3. The smallest absolute Gasteiger partial charge is 0.324 e. The summed E-state index contributed by atoms with van der Waals surface area (Å²) < 4.78 is 14.2. The Morgan fingerprint density at radius 1 is 1.09 bits per heavy atom. The van der Waals surface area contributed by atoms with E-state index in [1.165, 1.54) is 26.1 Å². The number of nitrogens with one attached hydrogen (secondary N) is 2. The summed E-state index contributed by atoms with van der Waals surface area (Å²) >= 11 is 1.40. The van der Waals surface area contributed by atoms with Crippen LogP contribution in [0.1, 0.15) is 83.7 Å². The maximum Gasteiger partial charge on any atom is 0.324 e. The molecule has 17 nitrogen and oxygen atoms in total. The average Bonchev–Trinajstić information content (AvgIpc) is 3.91. The van der Waals surface area contributed by atoms with Crippen LogP contribution < -0.4 is 16.5 Å². The minimum atomic E-state index is -1.10. The van der Waals surface area contributed by atoms with Crippen molar-refractivity contribution in [2.75, 3.05) is 61.0 Å². The number of ether oxygens (including phenoxy) is 2. The Bertz CT molecular complexity index is 2430. The van der Waals surface area contributed by atoms with Crippen molar-refractivity contribution in [2.24, 2.45) is 23.0 Å². The number of urea groups is 1. The third-order valence-corrected chi connectivity index (χ3v) is 13.9. The van der Waals surface area contributed by atoms with E-state index in [9.17, 15) is 24.0 Å². The molecular weight excluding hydrogens is 873 g/mol. The van der Waals surface area contributed by atoms with Crippen LogP contribution in [0.3, 0.4) is 0 Å². The van der Waals surface area contributed by atoms with E-state index in [2.05, 4.69) is 60.3 Å². The molecule has 5 heterocycles. The predicted molar refractivity (Wildman–Crippen MR) is 260 cm³/mol. The highest BCUT2D eigenvalue weighted by atomic mass is 32.1. The number of aromatic nitrogens is 3. The fourth-order valence-electron chi connectivity index (χ4n) is 9.12. The molecule has 1 saturated heterocycles. The van der Waals surface area contributed by atoms with Crippen LogP contribution in [-0.4, -0.2) is 143 Å². The Morgan fingerprint density at radius 2 is 1.82 bits per heavy atom. The zero-order chi connectivity index (χ0) is 48.9. The molecule has 5 amide bonds. The number of esters is 1. The number of hydrogen-bond acceptors (Lipinski definition) is 12. The molecule has 0 spiro atoms. The molecule has 0 aliphatic carbocycles. The molecule has 364 valence electrons. The van der Waals surface area contributed by atoms with Gasteiger partial charge in [0.15, 0.2) is 0 Å². The summed E-state index contributed by atoms with van der Waals surface area (Å²) in [5, 5.41) is 8.05. The number of benzene rings is 1. The van der Waals surface area contributed by atoms with Crippen molar-refractivity contribution < 1.29 is 33.4 Å². The lowest BCUT2D eigenvalue weighted by Crippen LogP contribution is -2.62. The summed E-state index contributed by atoms with van der Waals surface area (Å²) in [6.07, 6.45) is 3.15. The highest BCUT2D eigenvalue weighted by Crippen LogP contribution is 2.42. The second-order valence-corrected chi connectivity index (χ2v) is 20.1. The van der Waals surface area contributed by atoms with Crippen LogP contribution in [0.5, 0.6) is 0 Å². The molecular formula is C49H70N10O7S. The van der Waals surface area contributed by atoms with E-state index in [1.807, 2.05) is 32.2 Å². The molecule has 0 saturated carbocycles. The molecule has 1 fully saturated rings. The van der Waals surface area contributed by atoms with E-state index in [0.717, 1.165) is 44.7 Å². The SMILES string of the molecule is CCn1c(-c2cccnc2[C@H](C)OC)c2c3cc(ccc31)-c1csc(n1)C[C@H](NC(=O)[C@H](C(C)C)N(C)C(=O)N(C)CCN(C)C(=O)[C@@H](C)CN)C(=O)N1CCC[C@H](N1)C(=O)OCC(C)(C)C2. The normalized spacial score (nSPS) is 19.0. The lowest BCUT2D eigenvalue weighted by Gasteiger charge is -2.37. The molecule has 18 heteroatoms. The van der Waals surface area contributed by atoms with Crippen molar-refractivity contribution in [3.05, 3.63) is 58.2 Å². The zero-order valence-electron chi connectivity index (χ0n) is 41.1. The van der Waals surface area contributed by atoms with Gasteiger partial charge in [-0.2, -0.15) is 0 Å². The first-order valence-corrected chi connectivity index (χ1v) is 24.2. The maximum atomic E-state index is 14.6. The van der Waals surface area contributed by atoms with E-state index in [4.69, 9.17) is 25.2 Å². The number of carbonyl (C=O) groups is 5. The van der Waals surface area contributed by atoms with Gasteiger partial charge in [-0.05, 0) is 68.9 Å². The number of rotatable bonds is 13. The molecule has 67 heavy (non-hydrogen) atoms. The first-order chi connectivity index (χ1) is 31.8. The Hall–Kier alpha value is -5.43. The molecule has 6 rings (SSSR count). The Balaban J connectivity index is 1.37. The lowest BCUT2D eigenvalue weighted by atomic mass is 9.84. The number of hydrazine groups is 1. The van der Waals surface area contributed by atoms with Crippen molar-refractivity contribution in [3.8, 4) is 22.5 Å². The van der Waals surface area contributed by atoms with Crippen LogP contribution in [0.2, 0.25) is 0 Å². The molecule has 4 N–H and O–H groups in total. The van der Waals surface area contributed by atoms with Gasteiger partial charge in [-0.3, -0.25) is 29.2 Å². The monoisotopic (exact) mass is 943 g/mol. The number of hydrogen-bond donors (Lipinski definition) is 3. The number of nitrogens with two attached hydrogens (primary N) is 1. The number of cyclic esters (lactones) is 1. The highest BCUT2D eigenvalue weighted by molar-refractivity contribution is 7.10. The number of fused-ring (bicyclic) bond motifs is 6. The molecule has 4 aromatic rings. The van der Waals surface area contributed by atoms with E-state index >= 15 is 0 Å². The first-order valence-electron chi connectivity index (χ1n) is 23.4. The van der Waals surface area contributed by atoms with Crippen molar-refractivity contribution in [2.45, 2.75) is 105 Å². The number of carbonyl (C=O) groups excluding carboxylic acids is 5. The Morgan fingerprint density at radius 3 is 2.51 bits per heavy atom. The van der Waals surface area contributed by atoms with Gasteiger partial charge in [0.1, 0.15) is 18.1 Å². The average molecular weight is 943 g/mol. The van der Waals surface area contributed by atoms with Gasteiger partial charge < -0.3 is 39.8 Å². The molecule has 3 aromatic heterocycles. The number of amides is 5. The number of pyridine rings is 1. The highest BCUT2D eigenvalue weighted by Gasteiger charge is 2.38. The van der Waals surface area contributed by atoms with Gasteiger partial charge in [0.05, 0.1) is 34.8 Å². The van der Waals surface area contributed by atoms with Gasteiger partial charge in [0.2, 0.25) is 11.8 Å². The van der Waals surface area contributed by atoms with Crippen LogP contribution >= 0.6 is 11.3 Å². The molecule has 2 aliphatic rings. The molecule has 6 bridgehead atoms. The number of nitrogens with zero attached hydrogens (tertiary/aromatic N) is 7. The second kappa shape index (κ2) is 21.7. The van der Waals surface area contributed by atoms with Gasteiger partial charge in [0, 0.05) is 112 Å². The van der Waals surface area contributed by atoms with Crippen molar-refractivity contribution >= 4 is 52.0 Å². The second-order valence-electron chi connectivity index (χ2n) is 19.2. The summed E-state index contributed by atoms with van der Waals surface area (Å²) in [5.41, 5.74) is 14.9.